The average molecular weight is 520 g/mol. The number of para-hydroxylation sites is 1. The Morgan fingerprint density at radius 1 is 1.14 bits per heavy atom. The molecule has 36 heavy (non-hydrogen) atoms. The van der Waals surface area contributed by atoms with E-state index in [0.29, 0.717) is 6.54 Å². The van der Waals surface area contributed by atoms with E-state index in [0.717, 1.165) is 26.9 Å². The van der Waals surface area contributed by atoms with Crippen LogP contribution in [0.3, 0.4) is 0 Å². The van der Waals surface area contributed by atoms with E-state index in [9.17, 15) is 14.9 Å². The second-order valence-corrected chi connectivity index (χ2v) is 8.98. The van der Waals surface area contributed by atoms with Crippen LogP contribution in [0.2, 0.25) is 0 Å². The lowest BCUT2D eigenvalue weighted by molar-refractivity contribution is -0.384. The molecular formula is C23H17N7O4S2. The van der Waals surface area contributed by atoms with Crippen molar-refractivity contribution < 1.29 is 14.1 Å². The lowest BCUT2D eigenvalue weighted by Gasteiger charge is -2.09. The number of rotatable bonds is 6. The molecule has 180 valence electrons. The van der Waals surface area contributed by atoms with Crippen molar-refractivity contribution in [2.75, 3.05) is 0 Å². The monoisotopic (exact) mass is 519 g/mol. The lowest BCUT2D eigenvalue weighted by atomic mass is 10.1. The molecule has 3 aromatic heterocycles. The first-order chi connectivity index (χ1) is 17.4. The van der Waals surface area contributed by atoms with Crippen molar-refractivity contribution in [3.8, 4) is 21.9 Å². The van der Waals surface area contributed by atoms with Crippen molar-refractivity contribution in [2.45, 2.75) is 13.5 Å². The molecular weight excluding hydrogens is 502 g/mol. The van der Waals surface area contributed by atoms with Crippen molar-refractivity contribution in [1.82, 2.24) is 30.4 Å². The highest BCUT2D eigenvalue weighted by molar-refractivity contribution is 7.80. The van der Waals surface area contributed by atoms with Gasteiger partial charge in [-0.05, 0) is 42.9 Å². The number of nitro benzene ring substituents is 1. The summed E-state index contributed by atoms with van der Waals surface area (Å²) in [5.74, 6) is 0.366. The zero-order valence-electron chi connectivity index (χ0n) is 18.7. The molecule has 0 unspecified atom stereocenters. The number of amides is 1. The molecule has 0 radical (unpaired) electrons. The molecule has 0 aliphatic rings. The summed E-state index contributed by atoms with van der Waals surface area (Å²) in [6.07, 6.45) is 0. The number of aromatic nitrogens is 4. The summed E-state index contributed by atoms with van der Waals surface area (Å²) >= 11 is 6.68. The minimum atomic E-state index is -0.564. The number of fused-ring (bicyclic) bond motifs is 1. The van der Waals surface area contributed by atoms with E-state index in [2.05, 4.69) is 25.9 Å². The van der Waals surface area contributed by atoms with Gasteiger partial charge in [0.2, 0.25) is 4.96 Å². The van der Waals surface area contributed by atoms with Crippen molar-refractivity contribution in [1.29, 1.82) is 0 Å². The standard InChI is InChI=1S/C23H17N7O4S2/c1-13-26-27-23-29(13)28-21(36-23)15-8-6-14(7-9-15)12-24-22(35)25-20(31)19-11-10-18(34-19)16-4-2-3-5-17(16)30(32)33/h2-11H,12H2,1H3,(H2,24,25,31,35). The summed E-state index contributed by atoms with van der Waals surface area (Å²) in [6, 6.07) is 16.9. The highest BCUT2D eigenvalue weighted by Crippen LogP contribution is 2.31. The summed E-state index contributed by atoms with van der Waals surface area (Å²) < 4.78 is 7.25. The van der Waals surface area contributed by atoms with Crippen LogP contribution in [0, 0.1) is 17.0 Å². The molecule has 0 saturated heterocycles. The highest BCUT2D eigenvalue weighted by Gasteiger charge is 2.19. The summed E-state index contributed by atoms with van der Waals surface area (Å²) in [5.41, 5.74) is 2.08. The molecule has 0 bridgehead atoms. The number of nitrogens with zero attached hydrogens (tertiary/aromatic N) is 5. The third kappa shape index (κ3) is 4.69. The molecule has 0 spiro atoms. The van der Waals surface area contributed by atoms with E-state index >= 15 is 0 Å². The van der Waals surface area contributed by atoms with Gasteiger partial charge in [0.15, 0.2) is 16.7 Å². The summed E-state index contributed by atoms with van der Waals surface area (Å²) in [7, 11) is 0. The number of carbonyl (C=O) groups excluding carboxylic acids is 1. The van der Waals surface area contributed by atoms with Crippen LogP contribution in [0.15, 0.2) is 65.1 Å². The molecule has 2 N–H and O–H groups in total. The van der Waals surface area contributed by atoms with Gasteiger partial charge in [0, 0.05) is 18.2 Å². The Balaban J connectivity index is 1.18. The Hall–Kier alpha value is -4.49. The van der Waals surface area contributed by atoms with Crippen LogP contribution in [0.5, 0.6) is 0 Å². The van der Waals surface area contributed by atoms with Gasteiger partial charge in [-0.1, -0.05) is 47.7 Å². The van der Waals surface area contributed by atoms with Crippen LogP contribution in [0.1, 0.15) is 21.9 Å². The minimum absolute atomic E-state index is 0.0168. The molecule has 1 amide bonds. The molecule has 2 aromatic carbocycles. The maximum absolute atomic E-state index is 12.5. The quantitative estimate of drug-likeness (QED) is 0.192. The Morgan fingerprint density at radius 2 is 1.92 bits per heavy atom. The largest absolute Gasteiger partial charge is 0.451 e. The Morgan fingerprint density at radius 3 is 2.67 bits per heavy atom. The number of nitro groups is 1. The van der Waals surface area contributed by atoms with Gasteiger partial charge in [-0.25, -0.2) is 0 Å². The average Bonchev–Trinajstić information content (AvgIpc) is 3.61. The number of benzene rings is 2. The predicted octanol–water partition coefficient (Wildman–Crippen LogP) is 4.13. The van der Waals surface area contributed by atoms with Crippen molar-refractivity contribution in [3.63, 3.8) is 0 Å². The van der Waals surface area contributed by atoms with Gasteiger partial charge >= 0.3 is 0 Å². The maximum Gasteiger partial charge on any atom is 0.293 e. The number of nitrogens with one attached hydrogen (secondary N) is 2. The Labute approximate surface area is 212 Å². The van der Waals surface area contributed by atoms with Gasteiger partial charge in [-0.15, -0.1) is 10.2 Å². The number of aryl methyl sites for hydroxylation is 1. The highest BCUT2D eigenvalue weighted by atomic mass is 32.1. The van der Waals surface area contributed by atoms with Crippen LogP contribution >= 0.6 is 23.6 Å². The zero-order chi connectivity index (χ0) is 25.2. The van der Waals surface area contributed by atoms with E-state index < -0.39 is 10.8 Å². The summed E-state index contributed by atoms with van der Waals surface area (Å²) in [6.45, 7) is 2.24. The summed E-state index contributed by atoms with van der Waals surface area (Å²) in [5, 5.41) is 30.3. The second-order valence-electron chi connectivity index (χ2n) is 7.62. The number of thiocarbonyl (C=S) groups is 1. The number of furan rings is 1. The Bertz CT molecular complexity index is 1600. The molecule has 0 saturated carbocycles. The van der Waals surface area contributed by atoms with E-state index in [1.165, 1.54) is 29.5 Å². The second kappa shape index (κ2) is 9.64. The molecule has 0 atom stereocenters. The minimum Gasteiger partial charge on any atom is -0.451 e. The van der Waals surface area contributed by atoms with Crippen LogP contribution in [-0.2, 0) is 6.54 Å². The number of hydrogen-bond acceptors (Lipinski definition) is 9. The third-order valence-corrected chi connectivity index (χ3v) is 6.42. The zero-order valence-corrected chi connectivity index (χ0v) is 20.3. The van der Waals surface area contributed by atoms with Gasteiger partial charge in [-0.2, -0.15) is 9.61 Å². The van der Waals surface area contributed by atoms with E-state index in [-0.39, 0.29) is 27.9 Å². The maximum atomic E-state index is 12.5. The van der Waals surface area contributed by atoms with Crippen LogP contribution < -0.4 is 10.6 Å². The first-order valence-corrected chi connectivity index (χ1v) is 11.8. The molecule has 5 rings (SSSR count). The van der Waals surface area contributed by atoms with E-state index in [4.69, 9.17) is 16.6 Å². The summed E-state index contributed by atoms with van der Waals surface area (Å²) in [4.78, 5) is 24.0. The molecule has 0 aliphatic carbocycles. The van der Waals surface area contributed by atoms with E-state index in [1.54, 1.807) is 22.7 Å². The fourth-order valence-electron chi connectivity index (χ4n) is 3.43. The molecule has 0 aliphatic heterocycles. The van der Waals surface area contributed by atoms with Crippen molar-refractivity contribution in [2.24, 2.45) is 0 Å². The molecule has 13 heteroatoms. The van der Waals surface area contributed by atoms with Gasteiger partial charge in [-0.3, -0.25) is 20.2 Å². The lowest BCUT2D eigenvalue weighted by Crippen LogP contribution is -2.38. The van der Waals surface area contributed by atoms with Crippen molar-refractivity contribution in [3.05, 3.63) is 87.9 Å². The van der Waals surface area contributed by atoms with Crippen LogP contribution in [0.4, 0.5) is 5.69 Å². The normalized spacial score (nSPS) is 10.9. The smallest absolute Gasteiger partial charge is 0.293 e. The molecule has 3 heterocycles. The SMILES string of the molecule is Cc1nnc2sc(-c3ccc(CNC(=S)NC(=O)c4ccc(-c5ccccc5[N+](=O)[O-])o4)cc3)nn12. The topological polar surface area (TPSA) is 140 Å². The van der Waals surface area contributed by atoms with E-state index in [1.807, 2.05) is 31.2 Å². The van der Waals surface area contributed by atoms with Gasteiger partial charge in [0.05, 0.1) is 10.5 Å². The first-order valence-electron chi connectivity index (χ1n) is 10.6. The van der Waals surface area contributed by atoms with Crippen LogP contribution in [0.25, 0.3) is 26.9 Å². The van der Waals surface area contributed by atoms with Crippen LogP contribution in [-0.4, -0.2) is 35.8 Å². The molecule has 5 aromatic rings. The number of carbonyl (C=O) groups is 1. The van der Waals surface area contributed by atoms with Gasteiger partial charge in [0.1, 0.15) is 10.8 Å². The third-order valence-electron chi connectivity index (χ3n) is 5.22. The first kappa shape index (κ1) is 23.3. The van der Waals surface area contributed by atoms with Gasteiger partial charge < -0.3 is 9.73 Å². The fraction of sp³-hybridized carbons (Fsp3) is 0.0870. The number of hydrogen-bond donors (Lipinski definition) is 2. The Kier molecular flexibility index (Phi) is 6.23. The van der Waals surface area contributed by atoms with Crippen molar-refractivity contribution >= 4 is 45.2 Å². The molecule has 11 nitrogen and oxygen atoms in total. The fourth-order valence-corrected chi connectivity index (χ4v) is 4.49. The predicted molar refractivity (Wildman–Crippen MR) is 137 cm³/mol. The van der Waals surface area contributed by atoms with Gasteiger partial charge in [0.25, 0.3) is 11.6 Å². The molecule has 0 fully saturated rings.